The molecule has 2 aliphatic rings. The van der Waals surface area contributed by atoms with Crippen LogP contribution >= 0.6 is 23.7 Å². The summed E-state index contributed by atoms with van der Waals surface area (Å²) in [6.07, 6.45) is 4.82. The zero-order valence-corrected chi connectivity index (χ0v) is 19.4. The first-order chi connectivity index (χ1) is 13.9. The van der Waals surface area contributed by atoms with Crippen molar-refractivity contribution in [2.75, 3.05) is 32.0 Å². The highest BCUT2D eigenvalue weighted by Gasteiger charge is 2.25. The molecule has 1 saturated heterocycles. The maximum Gasteiger partial charge on any atom is 0.257 e. The van der Waals surface area contributed by atoms with Gasteiger partial charge < -0.3 is 4.90 Å². The third-order valence-electron chi connectivity index (χ3n) is 5.46. The van der Waals surface area contributed by atoms with Crippen LogP contribution in [0.2, 0.25) is 0 Å². The Labute approximate surface area is 187 Å². The van der Waals surface area contributed by atoms with Crippen LogP contribution in [0.15, 0.2) is 29.2 Å². The highest BCUT2D eigenvalue weighted by atomic mass is 35.5. The van der Waals surface area contributed by atoms with Crippen LogP contribution in [0.1, 0.15) is 46.6 Å². The molecule has 10 heteroatoms. The zero-order valence-electron chi connectivity index (χ0n) is 17.0. The van der Waals surface area contributed by atoms with E-state index in [0.717, 1.165) is 50.9 Å². The maximum atomic E-state index is 12.9. The molecule has 0 spiro atoms. The van der Waals surface area contributed by atoms with E-state index in [1.807, 2.05) is 0 Å². The number of amides is 1. The minimum atomic E-state index is -3.51. The summed E-state index contributed by atoms with van der Waals surface area (Å²) in [5, 5.41) is 3.44. The first kappa shape index (κ1) is 23.1. The Balaban J connectivity index is 0.00000256. The van der Waals surface area contributed by atoms with E-state index in [-0.39, 0.29) is 23.2 Å². The van der Waals surface area contributed by atoms with Crippen molar-refractivity contribution in [1.29, 1.82) is 0 Å². The normalized spacial score (nSPS) is 18.2. The molecule has 1 amide bonds. The van der Waals surface area contributed by atoms with E-state index in [4.69, 9.17) is 0 Å². The van der Waals surface area contributed by atoms with Crippen LogP contribution in [0.25, 0.3) is 0 Å². The molecule has 2 aromatic rings. The average Bonchev–Trinajstić information content (AvgIpc) is 2.91. The number of hydrogen-bond donors (Lipinski definition) is 1. The number of nitrogens with one attached hydrogen (secondary N) is 1. The molecule has 7 nitrogen and oxygen atoms in total. The summed E-state index contributed by atoms with van der Waals surface area (Å²) in [7, 11) is -1.44. The van der Waals surface area contributed by atoms with E-state index in [9.17, 15) is 13.2 Å². The van der Waals surface area contributed by atoms with Crippen LogP contribution in [0, 0.1) is 0 Å². The molecular formula is C20H27ClN4O3S2. The van der Waals surface area contributed by atoms with Gasteiger partial charge >= 0.3 is 0 Å². The fraction of sp³-hybridized carbons (Fsp3) is 0.500. The number of rotatable bonds is 4. The van der Waals surface area contributed by atoms with Crippen LogP contribution in [0.5, 0.6) is 0 Å². The van der Waals surface area contributed by atoms with Gasteiger partial charge in [-0.15, -0.1) is 23.7 Å². The van der Waals surface area contributed by atoms with Gasteiger partial charge in [0.1, 0.15) is 0 Å². The number of aromatic nitrogens is 1. The second kappa shape index (κ2) is 9.74. The van der Waals surface area contributed by atoms with Crippen molar-refractivity contribution < 1.29 is 13.2 Å². The zero-order chi connectivity index (χ0) is 20.4. The fourth-order valence-corrected chi connectivity index (χ4v) is 6.36. The van der Waals surface area contributed by atoms with E-state index in [1.165, 1.54) is 28.3 Å². The third-order valence-corrected chi connectivity index (χ3v) is 8.37. The molecule has 30 heavy (non-hydrogen) atoms. The summed E-state index contributed by atoms with van der Waals surface area (Å²) in [5.41, 5.74) is 1.48. The first-order valence-corrected chi connectivity index (χ1v) is 12.3. The molecule has 1 N–H and O–H groups in total. The van der Waals surface area contributed by atoms with Gasteiger partial charge in [-0.05, 0) is 44.2 Å². The van der Waals surface area contributed by atoms with Crippen molar-refractivity contribution in [1.82, 2.24) is 14.2 Å². The van der Waals surface area contributed by atoms with Crippen molar-refractivity contribution in [3.63, 3.8) is 0 Å². The predicted molar refractivity (Wildman–Crippen MR) is 121 cm³/mol. The van der Waals surface area contributed by atoms with E-state index < -0.39 is 10.0 Å². The number of fused-ring (bicyclic) bond motifs is 1. The summed E-state index contributed by atoms with van der Waals surface area (Å²) in [4.78, 5) is 20.8. The van der Waals surface area contributed by atoms with E-state index in [2.05, 4.69) is 22.2 Å². The number of carbonyl (C=O) groups is 1. The summed E-state index contributed by atoms with van der Waals surface area (Å²) < 4.78 is 27.3. The number of sulfonamides is 1. The Kier molecular flexibility index (Phi) is 7.52. The second-order valence-electron chi connectivity index (χ2n) is 7.67. The van der Waals surface area contributed by atoms with Crippen molar-refractivity contribution in [2.24, 2.45) is 0 Å². The standard InChI is InChI=1S/C20H26N4O3S2.ClH/c1-23-13-10-17-18(14-23)28-20(21-17)22-19(25)15-6-8-16(9-7-15)29(26,27)24-11-4-2-3-5-12-24;/h6-9H,2-5,10-14H2,1H3,(H,21,22,25);1H. The fourth-order valence-electron chi connectivity index (χ4n) is 3.76. The van der Waals surface area contributed by atoms with Crippen LogP contribution in [0.3, 0.4) is 0 Å². The third kappa shape index (κ3) is 5.03. The first-order valence-electron chi connectivity index (χ1n) is 10.0. The summed E-state index contributed by atoms with van der Waals surface area (Å²) >= 11 is 1.50. The molecule has 3 heterocycles. The Morgan fingerprint density at radius 1 is 1.07 bits per heavy atom. The van der Waals surface area contributed by atoms with Crippen molar-refractivity contribution in [3.05, 3.63) is 40.4 Å². The van der Waals surface area contributed by atoms with Gasteiger partial charge in [0, 0.05) is 43.0 Å². The van der Waals surface area contributed by atoms with Crippen LogP contribution < -0.4 is 5.32 Å². The van der Waals surface area contributed by atoms with E-state index in [0.29, 0.717) is 23.8 Å². The molecule has 0 unspecified atom stereocenters. The number of carbonyl (C=O) groups excluding carboxylic acids is 1. The highest BCUT2D eigenvalue weighted by molar-refractivity contribution is 7.89. The van der Waals surface area contributed by atoms with Gasteiger partial charge in [0.25, 0.3) is 5.91 Å². The molecular weight excluding hydrogens is 444 g/mol. The van der Waals surface area contributed by atoms with E-state index >= 15 is 0 Å². The van der Waals surface area contributed by atoms with Crippen molar-refractivity contribution in [3.8, 4) is 0 Å². The van der Waals surface area contributed by atoms with Crippen molar-refractivity contribution in [2.45, 2.75) is 43.5 Å². The lowest BCUT2D eigenvalue weighted by molar-refractivity contribution is 0.102. The Hall–Kier alpha value is -1.52. The molecule has 1 fully saturated rings. The van der Waals surface area contributed by atoms with Crippen LogP contribution in [0.4, 0.5) is 5.13 Å². The number of thiazole rings is 1. The molecule has 0 atom stereocenters. The number of halogens is 1. The topological polar surface area (TPSA) is 82.6 Å². The Morgan fingerprint density at radius 3 is 2.40 bits per heavy atom. The minimum absolute atomic E-state index is 0. The minimum Gasteiger partial charge on any atom is -0.301 e. The van der Waals surface area contributed by atoms with Crippen LogP contribution in [-0.4, -0.2) is 55.2 Å². The average molecular weight is 471 g/mol. The van der Waals surface area contributed by atoms with Gasteiger partial charge in [-0.1, -0.05) is 12.8 Å². The lowest BCUT2D eigenvalue weighted by Gasteiger charge is -2.20. The van der Waals surface area contributed by atoms with Gasteiger partial charge in [0.05, 0.1) is 10.6 Å². The number of benzene rings is 1. The summed E-state index contributed by atoms with van der Waals surface area (Å²) in [6.45, 7) is 2.95. The summed E-state index contributed by atoms with van der Waals surface area (Å²) in [5.74, 6) is -0.275. The maximum absolute atomic E-state index is 12.9. The molecule has 164 valence electrons. The molecule has 0 aliphatic carbocycles. The van der Waals surface area contributed by atoms with Gasteiger partial charge in [0.2, 0.25) is 10.0 Å². The smallest absolute Gasteiger partial charge is 0.257 e. The molecule has 2 aliphatic heterocycles. The predicted octanol–water partition coefficient (Wildman–Crippen LogP) is 3.37. The Morgan fingerprint density at radius 2 is 1.73 bits per heavy atom. The van der Waals surface area contributed by atoms with Gasteiger partial charge in [-0.25, -0.2) is 13.4 Å². The molecule has 4 rings (SSSR count). The quantitative estimate of drug-likeness (QED) is 0.740. The van der Waals surface area contributed by atoms with E-state index in [1.54, 1.807) is 16.4 Å². The number of nitrogens with zero attached hydrogens (tertiary/aromatic N) is 3. The SMILES string of the molecule is CN1CCc2nc(NC(=O)c3ccc(S(=O)(=O)N4CCCCCC4)cc3)sc2C1.Cl. The largest absolute Gasteiger partial charge is 0.301 e. The molecule has 1 aromatic carbocycles. The molecule has 0 saturated carbocycles. The number of anilines is 1. The molecule has 0 radical (unpaired) electrons. The number of hydrogen-bond acceptors (Lipinski definition) is 6. The Bertz CT molecular complexity index is 984. The lowest BCUT2D eigenvalue weighted by Crippen LogP contribution is -2.31. The van der Waals surface area contributed by atoms with Crippen molar-refractivity contribution >= 4 is 44.8 Å². The molecule has 1 aromatic heterocycles. The number of likely N-dealkylation sites (N-methyl/N-ethyl adjacent to an activating group) is 1. The van der Waals surface area contributed by atoms with Gasteiger partial charge in [-0.2, -0.15) is 4.31 Å². The summed E-state index contributed by atoms with van der Waals surface area (Å²) in [6, 6.07) is 6.19. The lowest BCUT2D eigenvalue weighted by atomic mass is 10.2. The van der Waals surface area contributed by atoms with Gasteiger partial charge in [-0.3, -0.25) is 10.1 Å². The van der Waals surface area contributed by atoms with Crippen LogP contribution in [-0.2, 0) is 23.0 Å². The monoisotopic (exact) mass is 470 g/mol. The molecule has 0 bridgehead atoms. The van der Waals surface area contributed by atoms with Gasteiger partial charge in [0.15, 0.2) is 5.13 Å². The second-order valence-corrected chi connectivity index (χ2v) is 10.7. The highest BCUT2D eigenvalue weighted by Crippen LogP contribution is 2.28.